The van der Waals surface area contributed by atoms with Gasteiger partial charge in [0.2, 0.25) is 17.6 Å². The van der Waals surface area contributed by atoms with Gasteiger partial charge in [-0.1, -0.05) is 53.2 Å². The van der Waals surface area contributed by atoms with Crippen LogP contribution in [0, 0.1) is 12.7 Å². The second-order valence-electron chi connectivity index (χ2n) is 5.74. The van der Waals surface area contributed by atoms with E-state index in [1.54, 1.807) is 18.2 Å². The van der Waals surface area contributed by atoms with Crippen molar-refractivity contribution in [1.29, 1.82) is 0 Å². The van der Waals surface area contributed by atoms with E-state index in [0.717, 1.165) is 11.1 Å². The summed E-state index contributed by atoms with van der Waals surface area (Å²) >= 11 is 1.35. The summed E-state index contributed by atoms with van der Waals surface area (Å²) in [5, 5.41) is 6.65. The van der Waals surface area contributed by atoms with Crippen LogP contribution in [-0.2, 0) is 17.1 Å². The monoisotopic (exact) mass is 371 g/mol. The molecule has 0 spiro atoms. The number of carbonyl (C=O) groups is 1. The van der Waals surface area contributed by atoms with Gasteiger partial charge in [0.15, 0.2) is 0 Å². The van der Waals surface area contributed by atoms with Crippen LogP contribution in [0.3, 0.4) is 0 Å². The molecule has 2 aromatic carbocycles. The van der Waals surface area contributed by atoms with Gasteiger partial charge in [-0.15, -0.1) is 11.8 Å². The number of hydrogen-bond acceptors (Lipinski definition) is 5. The van der Waals surface area contributed by atoms with Crippen molar-refractivity contribution in [2.24, 2.45) is 0 Å². The van der Waals surface area contributed by atoms with Crippen LogP contribution in [0.4, 0.5) is 4.39 Å². The summed E-state index contributed by atoms with van der Waals surface area (Å²) in [6.07, 6.45) is 0. The first-order valence-corrected chi connectivity index (χ1v) is 9.25. The van der Waals surface area contributed by atoms with Crippen molar-refractivity contribution in [2.75, 3.05) is 5.75 Å². The van der Waals surface area contributed by atoms with Crippen molar-refractivity contribution >= 4 is 17.7 Å². The Morgan fingerprint density at radius 2 is 1.96 bits per heavy atom. The molecule has 0 aliphatic heterocycles. The third-order valence-corrected chi connectivity index (χ3v) is 4.64. The molecule has 0 aliphatic carbocycles. The topological polar surface area (TPSA) is 68.0 Å². The standard InChI is InChI=1S/C19H18FN3O2S/c1-13-6-8-14(9-7-13)19-22-18(25-23-19)10-21-17(24)12-26-11-15-4-2-3-5-16(15)20/h2-9H,10-12H2,1H3,(H,21,24). The Hall–Kier alpha value is -2.67. The first kappa shape index (κ1) is 18.1. The van der Waals surface area contributed by atoms with Crippen LogP contribution in [-0.4, -0.2) is 21.8 Å². The van der Waals surface area contributed by atoms with Gasteiger partial charge >= 0.3 is 0 Å². The molecule has 5 nitrogen and oxygen atoms in total. The molecule has 3 rings (SSSR count). The highest BCUT2D eigenvalue weighted by molar-refractivity contribution is 7.99. The van der Waals surface area contributed by atoms with Gasteiger partial charge in [0.05, 0.1) is 12.3 Å². The minimum atomic E-state index is -0.255. The van der Waals surface area contributed by atoms with Crippen LogP contribution >= 0.6 is 11.8 Å². The Kier molecular flexibility index (Phi) is 6.01. The van der Waals surface area contributed by atoms with Gasteiger partial charge < -0.3 is 9.84 Å². The van der Waals surface area contributed by atoms with Gasteiger partial charge in [-0.2, -0.15) is 4.98 Å². The van der Waals surface area contributed by atoms with Crippen LogP contribution < -0.4 is 5.32 Å². The van der Waals surface area contributed by atoms with Crippen molar-refractivity contribution in [3.8, 4) is 11.4 Å². The molecule has 0 atom stereocenters. The number of nitrogens with zero attached hydrogens (tertiary/aromatic N) is 2. The summed E-state index contributed by atoms with van der Waals surface area (Å²) in [6, 6.07) is 14.3. The Morgan fingerprint density at radius 3 is 2.73 bits per heavy atom. The summed E-state index contributed by atoms with van der Waals surface area (Å²) in [7, 11) is 0. The molecule has 7 heteroatoms. The Balaban J connectivity index is 1.45. The zero-order valence-electron chi connectivity index (χ0n) is 14.2. The molecule has 1 amide bonds. The summed E-state index contributed by atoms with van der Waals surface area (Å²) in [5.41, 5.74) is 2.60. The van der Waals surface area contributed by atoms with Gasteiger partial charge in [-0.05, 0) is 18.6 Å². The predicted octanol–water partition coefficient (Wildman–Crippen LogP) is 3.73. The second-order valence-corrected chi connectivity index (χ2v) is 6.72. The van der Waals surface area contributed by atoms with Crippen LogP contribution in [0.1, 0.15) is 17.0 Å². The van der Waals surface area contributed by atoms with E-state index in [9.17, 15) is 9.18 Å². The van der Waals surface area contributed by atoms with Gasteiger partial charge in [0, 0.05) is 11.3 Å². The van der Waals surface area contributed by atoms with Gasteiger partial charge in [0.1, 0.15) is 5.82 Å². The minimum absolute atomic E-state index is 0.165. The van der Waals surface area contributed by atoms with Crippen molar-refractivity contribution in [3.63, 3.8) is 0 Å². The number of amides is 1. The number of carbonyl (C=O) groups excluding carboxylic acids is 1. The minimum Gasteiger partial charge on any atom is -0.346 e. The maximum atomic E-state index is 13.5. The van der Waals surface area contributed by atoms with Crippen LogP contribution in [0.25, 0.3) is 11.4 Å². The summed E-state index contributed by atoms with van der Waals surface area (Å²) in [5.74, 6) is 1.08. The zero-order valence-corrected chi connectivity index (χ0v) is 15.1. The molecule has 134 valence electrons. The fraction of sp³-hybridized carbons (Fsp3) is 0.211. The van der Waals surface area contributed by atoms with Crippen molar-refractivity contribution in [1.82, 2.24) is 15.5 Å². The Morgan fingerprint density at radius 1 is 1.19 bits per heavy atom. The van der Waals surface area contributed by atoms with Crippen LogP contribution in [0.2, 0.25) is 0 Å². The average Bonchev–Trinajstić information content (AvgIpc) is 3.11. The molecule has 0 saturated heterocycles. The Labute approximate surface area is 155 Å². The SMILES string of the molecule is Cc1ccc(-c2noc(CNC(=O)CSCc3ccccc3F)n2)cc1. The molecule has 1 heterocycles. The van der Waals surface area contributed by atoms with E-state index < -0.39 is 0 Å². The fourth-order valence-electron chi connectivity index (χ4n) is 2.24. The lowest BCUT2D eigenvalue weighted by Crippen LogP contribution is -2.24. The van der Waals surface area contributed by atoms with Crippen molar-refractivity contribution < 1.29 is 13.7 Å². The molecule has 0 unspecified atom stereocenters. The van der Waals surface area contributed by atoms with E-state index in [1.165, 1.54) is 17.8 Å². The number of hydrogen-bond donors (Lipinski definition) is 1. The molecule has 0 radical (unpaired) electrons. The van der Waals surface area contributed by atoms with E-state index in [0.29, 0.717) is 23.0 Å². The first-order valence-electron chi connectivity index (χ1n) is 8.09. The lowest BCUT2D eigenvalue weighted by atomic mass is 10.1. The molecule has 0 saturated carbocycles. The molecule has 1 N–H and O–H groups in total. The number of nitrogens with one attached hydrogen (secondary N) is 1. The van der Waals surface area contributed by atoms with E-state index in [-0.39, 0.29) is 24.0 Å². The molecule has 1 aromatic heterocycles. The molecular weight excluding hydrogens is 353 g/mol. The zero-order chi connectivity index (χ0) is 18.4. The average molecular weight is 371 g/mol. The smallest absolute Gasteiger partial charge is 0.246 e. The number of aryl methyl sites for hydroxylation is 1. The number of aromatic nitrogens is 2. The molecule has 0 aliphatic rings. The quantitative estimate of drug-likeness (QED) is 0.685. The molecular formula is C19H18FN3O2S. The summed E-state index contributed by atoms with van der Waals surface area (Å²) in [4.78, 5) is 16.2. The number of halogens is 1. The second kappa shape index (κ2) is 8.62. The van der Waals surface area contributed by atoms with Crippen LogP contribution in [0.15, 0.2) is 53.1 Å². The molecule has 26 heavy (non-hydrogen) atoms. The van der Waals surface area contributed by atoms with Crippen molar-refractivity contribution in [2.45, 2.75) is 19.2 Å². The first-order chi connectivity index (χ1) is 12.6. The predicted molar refractivity (Wildman–Crippen MR) is 98.9 cm³/mol. The molecule has 0 bridgehead atoms. The molecule has 3 aromatic rings. The highest BCUT2D eigenvalue weighted by Gasteiger charge is 2.10. The van der Waals surface area contributed by atoms with Gasteiger partial charge in [-0.25, -0.2) is 4.39 Å². The van der Waals surface area contributed by atoms with E-state index in [1.807, 2.05) is 31.2 Å². The largest absolute Gasteiger partial charge is 0.346 e. The third-order valence-electron chi connectivity index (χ3n) is 3.66. The van der Waals surface area contributed by atoms with E-state index >= 15 is 0 Å². The van der Waals surface area contributed by atoms with E-state index in [4.69, 9.17) is 4.52 Å². The lowest BCUT2D eigenvalue weighted by Gasteiger charge is -2.04. The third kappa shape index (κ3) is 4.92. The number of thioether (sulfide) groups is 1. The fourth-order valence-corrected chi connectivity index (χ4v) is 3.08. The van der Waals surface area contributed by atoms with Gasteiger partial charge in [-0.3, -0.25) is 4.79 Å². The van der Waals surface area contributed by atoms with Crippen LogP contribution in [0.5, 0.6) is 0 Å². The van der Waals surface area contributed by atoms with Gasteiger partial charge in [0.25, 0.3) is 0 Å². The Bertz CT molecular complexity index is 881. The lowest BCUT2D eigenvalue weighted by molar-refractivity contribution is -0.118. The van der Waals surface area contributed by atoms with Crippen molar-refractivity contribution in [3.05, 3.63) is 71.4 Å². The maximum absolute atomic E-state index is 13.5. The highest BCUT2D eigenvalue weighted by atomic mass is 32.2. The maximum Gasteiger partial charge on any atom is 0.246 e. The highest BCUT2D eigenvalue weighted by Crippen LogP contribution is 2.17. The summed E-state index contributed by atoms with van der Waals surface area (Å²) in [6.45, 7) is 2.17. The van der Waals surface area contributed by atoms with E-state index in [2.05, 4.69) is 15.5 Å². The number of benzene rings is 2. The normalized spacial score (nSPS) is 10.7. The number of rotatable bonds is 7. The molecule has 0 fully saturated rings. The summed E-state index contributed by atoms with van der Waals surface area (Å²) < 4.78 is 18.7.